The molecule has 1 unspecified atom stereocenters. The predicted molar refractivity (Wildman–Crippen MR) is 81.1 cm³/mol. The standard InChI is InChI=1S/C15H19N3O3/c19-15(12-6-2-1-3-7-12)17-11-10-16-13-8-4-5-9-14(13)18(20)21/h1-2,4-5,8-9,12,16H,3,6-7,10-11H2,(H,17,19). The Morgan fingerprint density at radius 1 is 1.29 bits per heavy atom. The number of carbonyl (C=O) groups excluding carboxylic acids is 1. The van der Waals surface area contributed by atoms with Crippen LogP contribution in [0.3, 0.4) is 0 Å². The van der Waals surface area contributed by atoms with E-state index in [1.165, 1.54) is 6.07 Å². The highest BCUT2D eigenvalue weighted by molar-refractivity contribution is 5.79. The van der Waals surface area contributed by atoms with Crippen LogP contribution in [-0.4, -0.2) is 23.9 Å². The van der Waals surface area contributed by atoms with Crippen molar-refractivity contribution >= 4 is 17.3 Å². The van der Waals surface area contributed by atoms with Crippen molar-refractivity contribution in [2.45, 2.75) is 19.3 Å². The fourth-order valence-electron chi connectivity index (χ4n) is 2.34. The van der Waals surface area contributed by atoms with Gasteiger partial charge in [0.15, 0.2) is 0 Å². The first-order valence-corrected chi connectivity index (χ1v) is 7.08. The smallest absolute Gasteiger partial charge is 0.292 e. The Morgan fingerprint density at radius 2 is 2.10 bits per heavy atom. The van der Waals surface area contributed by atoms with Gasteiger partial charge < -0.3 is 10.6 Å². The van der Waals surface area contributed by atoms with Gasteiger partial charge in [-0.25, -0.2) is 0 Å². The molecule has 1 aromatic rings. The summed E-state index contributed by atoms with van der Waals surface area (Å²) in [7, 11) is 0. The molecule has 2 N–H and O–H groups in total. The lowest BCUT2D eigenvalue weighted by Crippen LogP contribution is -2.34. The Morgan fingerprint density at radius 3 is 2.81 bits per heavy atom. The zero-order chi connectivity index (χ0) is 15.1. The lowest BCUT2D eigenvalue weighted by Gasteiger charge is -2.17. The van der Waals surface area contributed by atoms with E-state index >= 15 is 0 Å². The van der Waals surface area contributed by atoms with Crippen LogP contribution < -0.4 is 10.6 Å². The molecule has 1 atom stereocenters. The molecular formula is C15H19N3O3. The fraction of sp³-hybridized carbons (Fsp3) is 0.400. The minimum atomic E-state index is -0.421. The Balaban J connectivity index is 1.76. The number of para-hydroxylation sites is 2. The van der Waals surface area contributed by atoms with Gasteiger partial charge in [-0.05, 0) is 25.3 Å². The van der Waals surface area contributed by atoms with Crippen LogP contribution in [0.15, 0.2) is 36.4 Å². The second kappa shape index (κ2) is 7.42. The average Bonchev–Trinajstić information content (AvgIpc) is 2.52. The molecule has 0 spiro atoms. The molecule has 6 nitrogen and oxygen atoms in total. The van der Waals surface area contributed by atoms with E-state index in [0.717, 1.165) is 19.3 Å². The van der Waals surface area contributed by atoms with Crippen LogP contribution in [0.1, 0.15) is 19.3 Å². The summed E-state index contributed by atoms with van der Waals surface area (Å²) in [5, 5.41) is 16.7. The van der Waals surface area contributed by atoms with Gasteiger partial charge in [0, 0.05) is 25.1 Å². The van der Waals surface area contributed by atoms with E-state index in [0.29, 0.717) is 18.8 Å². The number of nitro benzene ring substituents is 1. The van der Waals surface area contributed by atoms with E-state index in [2.05, 4.69) is 16.7 Å². The van der Waals surface area contributed by atoms with Gasteiger partial charge in [0.05, 0.1) is 4.92 Å². The van der Waals surface area contributed by atoms with Gasteiger partial charge in [-0.3, -0.25) is 14.9 Å². The predicted octanol–water partition coefficient (Wildman–Crippen LogP) is 2.48. The summed E-state index contributed by atoms with van der Waals surface area (Å²) in [6, 6.07) is 6.48. The molecule has 1 amide bonds. The highest BCUT2D eigenvalue weighted by Gasteiger charge is 2.18. The van der Waals surface area contributed by atoms with Gasteiger partial charge in [-0.15, -0.1) is 0 Å². The van der Waals surface area contributed by atoms with Gasteiger partial charge >= 0.3 is 0 Å². The minimum absolute atomic E-state index is 0.0428. The topological polar surface area (TPSA) is 84.3 Å². The second-order valence-electron chi connectivity index (χ2n) is 4.97. The molecule has 1 aliphatic carbocycles. The molecular weight excluding hydrogens is 270 g/mol. The molecule has 0 saturated carbocycles. The molecule has 21 heavy (non-hydrogen) atoms. The molecule has 0 fully saturated rings. The zero-order valence-electron chi connectivity index (χ0n) is 11.7. The Kier molecular flexibility index (Phi) is 5.31. The van der Waals surface area contributed by atoms with Crippen LogP contribution in [0.2, 0.25) is 0 Å². The summed E-state index contributed by atoms with van der Waals surface area (Å²) in [6.45, 7) is 0.907. The van der Waals surface area contributed by atoms with Crippen molar-refractivity contribution in [1.82, 2.24) is 5.32 Å². The first-order chi connectivity index (χ1) is 10.2. The van der Waals surface area contributed by atoms with Crippen molar-refractivity contribution in [2.75, 3.05) is 18.4 Å². The summed E-state index contributed by atoms with van der Waals surface area (Å²) >= 11 is 0. The van der Waals surface area contributed by atoms with Crippen LogP contribution in [0, 0.1) is 16.0 Å². The highest BCUT2D eigenvalue weighted by atomic mass is 16.6. The average molecular weight is 289 g/mol. The molecule has 6 heteroatoms. The number of carbonyl (C=O) groups is 1. The van der Waals surface area contributed by atoms with E-state index in [1.807, 2.05) is 6.08 Å². The van der Waals surface area contributed by atoms with E-state index in [-0.39, 0.29) is 17.5 Å². The number of nitro groups is 1. The van der Waals surface area contributed by atoms with Gasteiger partial charge in [0.1, 0.15) is 5.69 Å². The molecule has 0 aliphatic heterocycles. The lowest BCUT2D eigenvalue weighted by atomic mass is 9.94. The summed E-state index contributed by atoms with van der Waals surface area (Å²) in [5.41, 5.74) is 0.513. The van der Waals surface area contributed by atoms with E-state index in [1.54, 1.807) is 18.2 Å². The third-order valence-electron chi connectivity index (χ3n) is 3.48. The number of hydrogen-bond acceptors (Lipinski definition) is 4. The lowest BCUT2D eigenvalue weighted by molar-refractivity contribution is -0.384. The number of amides is 1. The van der Waals surface area contributed by atoms with Gasteiger partial charge in [0.2, 0.25) is 5.91 Å². The Labute approximate surface area is 123 Å². The molecule has 2 rings (SSSR count). The van der Waals surface area contributed by atoms with Crippen molar-refractivity contribution < 1.29 is 9.72 Å². The molecule has 0 aromatic heterocycles. The molecule has 0 saturated heterocycles. The molecule has 1 aromatic carbocycles. The monoisotopic (exact) mass is 289 g/mol. The van der Waals surface area contributed by atoms with Crippen LogP contribution in [0.25, 0.3) is 0 Å². The van der Waals surface area contributed by atoms with E-state index in [9.17, 15) is 14.9 Å². The number of benzene rings is 1. The number of rotatable bonds is 6. The van der Waals surface area contributed by atoms with E-state index in [4.69, 9.17) is 0 Å². The Bertz CT molecular complexity index is 543. The molecule has 1 aliphatic rings. The van der Waals surface area contributed by atoms with Crippen LogP contribution in [-0.2, 0) is 4.79 Å². The summed E-state index contributed by atoms with van der Waals surface area (Å²) < 4.78 is 0. The SMILES string of the molecule is O=C(NCCNc1ccccc1[N+](=O)[O-])C1CC=CCC1. The van der Waals surface area contributed by atoms with Gasteiger partial charge in [-0.1, -0.05) is 24.3 Å². The maximum Gasteiger partial charge on any atom is 0.292 e. The quantitative estimate of drug-likeness (QED) is 0.365. The van der Waals surface area contributed by atoms with Crippen molar-refractivity contribution in [2.24, 2.45) is 5.92 Å². The number of nitrogens with zero attached hydrogens (tertiary/aromatic N) is 1. The Hall–Kier alpha value is -2.37. The van der Waals surface area contributed by atoms with E-state index < -0.39 is 4.92 Å². The summed E-state index contributed by atoms with van der Waals surface area (Å²) in [4.78, 5) is 22.3. The minimum Gasteiger partial charge on any atom is -0.378 e. The summed E-state index contributed by atoms with van der Waals surface area (Å²) in [5.74, 6) is 0.116. The number of anilines is 1. The molecule has 0 radical (unpaired) electrons. The van der Waals surface area contributed by atoms with Crippen molar-refractivity contribution in [3.63, 3.8) is 0 Å². The molecule has 0 heterocycles. The summed E-state index contributed by atoms with van der Waals surface area (Å²) in [6.07, 6.45) is 6.77. The van der Waals surface area contributed by atoms with Crippen LogP contribution in [0.5, 0.6) is 0 Å². The van der Waals surface area contributed by atoms with Crippen LogP contribution in [0.4, 0.5) is 11.4 Å². The zero-order valence-corrected chi connectivity index (χ0v) is 11.7. The number of allylic oxidation sites excluding steroid dienone is 2. The van der Waals surface area contributed by atoms with Gasteiger partial charge in [0.25, 0.3) is 5.69 Å². The number of hydrogen-bond donors (Lipinski definition) is 2. The highest BCUT2D eigenvalue weighted by Crippen LogP contribution is 2.22. The van der Waals surface area contributed by atoms with Crippen LogP contribution >= 0.6 is 0 Å². The normalized spacial score (nSPS) is 17.2. The first-order valence-electron chi connectivity index (χ1n) is 7.08. The maximum atomic E-state index is 11.9. The van der Waals surface area contributed by atoms with Crippen molar-refractivity contribution in [1.29, 1.82) is 0 Å². The molecule has 0 bridgehead atoms. The first kappa shape index (κ1) is 15.0. The maximum absolute atomic E-state index is 11.9. The van der Waals surface area contributed by atoms with Crippen molar-refractivity contribution in [3.05, 3.63) is 46.5 Å². The largest absolute Gasteiger partial charge is 0.378 e. The number of nitrogens with one attached hydrogen (secondary N) is 2. The van der Waals surface area contributed by atoms with Gasteiger partial charge in [-0.2, -0.15) is 0 Å². The third-order valence-corrected chi connectivity index (χ3v) is 3.48. The fourth-order valence-corrected chi connectivity index (χ4v) is 2.34. The third kappa shape index (κ3) is 4.30. The van der Waals surface area contributed by atoms with Crippen molar-refractivity contribution in [3.8, 4) is 0 Å². The molecule has 112 valence electrons. The second-order valence-corrected chi connectivity index (χ2v) is 4.97.